The van der Waals surface area contributed by atoms with Crippen molar-refractivity contribution in [3.8, 4) is 0 Å². The van der Waals surface area contributed by atoms with E-state index in [1.807, 2.05) is 6.92 Å². The first-order chi connectivity index (χ1) is 9.38. The van der Waals surface area contributed by atoms with Crippen molar-refractivity contribution in [1.29, 1.82) is 0 Å². The van der Waals surface area contributed by atoms with Crippen LogP contribution in [0.3, 0.4) is 0 Å². The van der Waals surface area contributed by atoms with Crippen molar-refractivity contribution in [2.45, 2.75) is 63.6 Å². The first kappa shape index (κ1) is 14.1. The van der Waals surface area contributed by atoms with Crippen LogP contribution in [0.4, 0.5) is 0 Å². The standard InChI is InChI=1S/C14H22N2O3S/c1-8-6-13(8)16-20(17,18)14-10(3)19-9(2)12(14)7-15-11-4-5-11/h8,11,13,15-16H,4-7H2,1-3H3. The molecule has 5 nitrogen and oxygen atoms in total. The molecule has 1 aromatic heterocycles. The zero-order valence-corrected chi connectivity index (χ0v) is 13.0. The Balaban J connectivity index is 1.86. The van der Waals surface area contributed by atoms with E-state index in [2.05, 4.69) is 17.0 Å². The van der Waals surface area contributed by atoms with Gasteiger partial charge in [0.15, 0.2) is 0 Å². The van der Waals surface area contributed by atoms with E-state index in [1.165, 1.54) is 12.8 Å². The highest BCUT2D eigenvalue weighted by Gasteiger charge is 2.38. The van der Waals surface area contributed by atoms with Crippen LogP contribution in [0.2, 0.25) is 0 Å². The second-order valence-electron chi connectivity index (χ2n) is 6.12. The van der Waals surface area contributed by atoms with Gasteiger partial charge in [-0.3, -0.25) is 0 Å². The number of furan rings is 1. The molecule has 2 saturated carbocycles. The zero-order chi connectivity index (χ0) is 14.5. The predicted molar refractivity (Wildman–Crippen MR) is 75.9 cm³/mol. The normalized spacial score (nSPS) is 25.9. The number of hydrogen-bond acceptors (Lipinski definition) is 4. The zero-order valence-electron chi connectivity index (χ0n) is 12.2. The van der Waals surface area contributed by atoms with E-state index in [1.54, 1.807) is 6.92 Å². The first-order valence-electron chi connectivity index (χ1n) is 7.23. The van der Waals surface area contributed by atoms with Crippen molar-refractivity contribution in [2.75, 3.05) is 0 Å². The lowest BCUT2D eigenvalue weighted by Gasteiger charge is -2.09. The second kappa shape index (κ2) is 4.86. The van der Waals surface area contributed by atoms with E-state index < -0.39 is 10.0 Å². The molecule has 0 amide bonds. The minimum Gasteiger partial charge on any atom is -0.465 e. The number of sulfonamides is 1. The van der Waals surface area contributed by atoms with Gasteiger partial charge in [-0.1, -0.05) is 6.92 Å². The molecule has 2 aliphatic rings. The lowest BCUT2D eigenvalue weighted by Crippen LogP contribution is -2.28. The van der Waals surface area contributed by atoms with Crippen LogP contribution in [-0.2, 0) is 16.6 Å². The Hall–Kier alpha value is -0.850. The average molecular weight is 298 g/mol. The molecule has 0 saturated heterocycles. The topological polar surface area (TPSA) is 71.3 Å². The highest BCUT2D eigenvalue weighted by molar-refractivity contribution is 7.89. The fourth-order valence-electron chi connectivity index (χ4n) is 2.54. The molecule has 2 atom stereocenters. The molecule has 2 aliphatic carbocycles. The van der Waals surface area contributed by atoms with Crippen molar-refractivity contribution in [3.63, 3.8) is 0 Å². The van der Waals surface area contributed by atoms with Crippen LogP contribution < -0.4 is 10.0 Å². The Labute approximate surface area is 120 Å². The molecule has 2 fully saturated rings. The van der Waals surface area contributed by atoms with Gasteiger partial charge in [-0.15, -0.1) is 0 Å². The number of hydrogen-bond donors (Lipinski definition) is 2. The summed E-state index contributed by atoms with van der Waals surface area (Å²) in [7, 11) is -3.48. The summed E-state index contributed by atoms with van der Waals surface area (Å²) >= 11 is 0. The Kier molecular flexibility index (Phi) is 3.43. The summed E-state index contributed by atoms with van der Waals surface area (Å²) < 4.78 is 33.4. The van der Waals surface area contributed by atoms with Gasteiger partial charge in [0.2, 0.25) is 10.0 Å². The fraction of sp³-hybridized carbons (Fsp3) is 0.714. The summed E-state index contributed by atoms with van der Waals surface area (Å²) in [5, 5.41) is 3.37. The summed E-state index contributed by atoms with van der Waals surface area (Å²) in [4.78, 5) is 0.335. The molecular formula is C14H22N2O3S. The molecule has 0 bridgehead atoms. The highest BCUT2D eigenvalue weighted by atomic mass is 32.2. The molecule has 2 unspecified atom stereocenters. The van der Waals surface area contributed by atoms with Crippen LogP contribution in [0.1, 0.15) is 43.3 Å². The van der Waals surface area contributed by atoms with Crippen molar-refractivity contribution in [2.24, 2.45) is 5.92 Å². The van der Waals surface area contributed by atoms with E-state index >= 15 is 0 Å². The fourth-order valence-corrected chi connectivity index (χ4v) is 4.35. The van der Waals surface area contributed by atoms with Gasteiger partial charge in [0, 0.05) is 24.2 Å². The Morgan fingerprint density at radius 3 is 2.45 bits per heavy atom. The molecule has 6 heteroatoms. The Morgan fingerprint density at radius 2 is 1.90 bits per heavy atom. The maximum atomic E-state index is 12.5. The summed E-state index contributed by atoms with van der Waals surface area (Å²) in [6.07, 6.45) is 3.27. The molecular weight excluding hydrogens is 276 g/mol. The molecule has 0 radical (unpaired) electrons. The van der Waals surface area contributed by atoms with Gasteiger partial charge in [-0.05, 0) is 39.0 Å². The monoisotopic (exact) mass is 298 g/mol. The maximum absolute atomic E-state index is 12.5. The van der Waals surface area contributed by atoms with E-state index in [0.717, 1.165) is 12.0 Å². The van der Waals surface area contributed by atoms with Gasteiger partial charge >= 0.3 is 0 Å². The van der Waals surface area contributed by atoms with Gasteiger partial charge in [0.05, 0.1) is 0 Å². The van der Waals surface area contributed by atoms with E-state index in [9.17, 15) is 8.42 Å². The van der Waals surface area contributed by atoms with Crippen molar-refractivity contribution in [3.05, 3.63) is 17.1 Å². The molecule has 0 aromatic carbocycles. The second-order valence-corrected chi connectivity index (χ2v) is 7.77. The minimum atomic E-state index is -3.48. The van der Waals surface area contributed by atoms with E-state index in [-0.39, 0.29) is 6.04 Å². The van der Waals surface area contributed by atoms with Gasteiger partial charge in [-0.2, -0.15) is 0 Å². The van der Waals surface area contributed by atoms with Crippen LogP contribution in [0.25, 0.3) is 0 Å². The van der Waals surface area contributed by atoms with E-state index in [4.69, 9.17) is 4.42 Å². The van der Waals surface area contributed by atoms with Crippen molar-refractivity contribution in [1.82, 2.24) is 10.0 Å². The quantitative estimate of drug-likeness (QED) is 0.840. The average Bonchev–Trinajstić information content (AvgIpc) is 3.23. The third-order valence-electron chi connectivity index (χ3n) is 4.15. The molecule has 1 heterocycles. The molecule has 3 rings (SSSR count). The summed E-state index contributed by atoms with van der Waals surface area (Å²) in [5.41, 5.74) is 0.773. The van der Waals surface area contributed by atoms with Gasteiger partial charge in [0.1, 0.15) is 16.4 Å². The maximum Gasteiger partial charge on any atom is 0.244 e. The van der Waals surface area contributed by atoms with Crippen LogP contribution in [0.5, 0.6) is 0 Å². The Bertz CT molecular complexity index is 617. The molecule has 1 aromatic rings. The first-order valence-corrected chi connectivity index (χ1v) is 8.71. The van der Waals surface area contributed by atoms with Crippen molar-refractivity contribution < 1.29 is 12.8 Å². The van der Waals surface area contributed by atoms with Crippen LogP contribution in [0.15, 0.2) is 9.31 Å². The van der Waals surface area contributed by atoms with Gasteiger partial charge < -0.3 is 9.73 Å². The SMILES string of the molecule is Cc1oc(C)c(S(=O)(=O)NC2CC2C)c1CNC1CC1. The van der Waals surface area contributed by atoms with Gasteiger partial charge in [0.25, 0.3) is 0 Å². The van der Waals surface area contributed by atoms with Crippen LogP contribution in [-0.4, -0.2) is 20.5 Å². The molecule has 2 N–H and O–H groups in total. The predicted octanol–water partition coefficient (Wildman–Crippen LogP) is 1.84. The Morgan fingerprint density at radius 1 is 1.25 bits per heavy atom. The third-order valence-corrected chi connectivity index (χ3v) is 5.84. The molecule has 112 valence electrons. The van der Waals surface area contributed by atoms with Crippen LogP contribution in [0, 0.1) is 19.8 Å². The van der Waals surface area contributed by atoms with E-state index in [0.29, 0.717) is 34.9 Å². The smallest absolute Gasteiger partial charge is 0.244 e. The third kappa shape index (κ3) is 2.77. The van der Waals surface area contributed by atoms with Crippen LogP contribution >= 0.6 is 0 Å². The summed E-state index contributed by atoms with van der Waals surface area (Å²) in [6.45, 7) is 6.16. The molecule has 20 heavy (non-hydrogen) atoms. The van der Waals surface area contributed by atoms with Crippen molar-refractivity contribution >= 4 is 10.0 Å². The number of rotatable bonds is 6. The lowest BCUT2D eigenvalue weighted by molar-refractivity contribution is 0.492. The number of nitrogens with one attached hydrogen (secondary N) is 2. The lowest BCUT2D eigenvalue weighted by atomic mass is 10.2. The minimum absolute atomic E-state index is 0.0823. The highest BCUT2D eigenvalue weighted by Crippen LogP contribution is 2.33. The largest absolute Gasteiger partial charge is 0.465 e. The molecule has 0 aliphatic heterocycles. The summed E-state index contributed by atoms with van der Waals surface area (Å²) in [5.74, 6) is 1.61. The summed E-state index contributed by atoms with van der Waals surface area (Å²) in [6, 6.07) is 0.621. The molecule has 0 spiro atoms. The van der Waals surface area contributed by atoms with Gasteiger partial charge in [-0.25, -0.2) is 13.1 Å². The number of aryl methyl sites for hydroxylation is 2.